The maximum Gasteiger partial charge on any atom is 0.341 e. The standard InChI is InChI=1S/C20H16Cl2N2O4/c1-3-24-17(28-16-5-4-8-23-11(16)2)10-15(25)18(20(26)27)19(24)12-6-7-13(21)14(22)9-12/h4-10H,3H2,1-2H3,(H,26,27). The van der Waals surface area contributed by atoms with E-state index in [1.807, 2.05) is 6.92 Å². The highest BCUT2D eigenvalue weighted by Crippen LogP contribution is 2.33. The van der Waals surface area contributed by atoms with Gasteiger partial charge >= 0.3 is 5.97 Å². The van der Waals surface area contributed by atoms with Crippen LogP contribution in [-0.2, 0) is 6.54 Å². The van der Waals surface area contributed by atoms with Gasteiger partial charge in [-0.3, -0.25) is 9.78 Å². The van der Waals surface area contributed by atoms with E-state index in [2.05, 4.69) is 4.98 Å². The van der Waals surface area contributed by atoms with Crippen molar-refractivity contribution < 1.29 is 14.6 Å². The van der Waals surface area contributed by atoms with Crippen LogP contribution in [0.15, 0.2) is 47.4 Å². The highest BCUT2D eigenvalue weighted by molar-refractivity contribution is 6.42. The number of pyridine rings is 2. The minimum Gasteiger partial charge on any atom is -0.477 e. The number of aryl methyl sites for hydroxylation is 1. The third-order valence-corrected chi connectivity index (χ3v) is 4.91. The maximum absolute atomic E-state index is 12.6. The second-order valence-corrected chi connectivity index (χ2v) is 6.75. The Morgan fingerprint density at radius 2 is 1.96 bits per heavy atom. The molecule has 2 heterocycles. The Kier molecular flexibility index (Phi) is 5.72. The van der Waals surface area contributed by atoms with Gasteiger partial charge in [0.1, 0.15) is 5.56 Å². The molecule has 8 heteroatoms. The number of hydrogen-bond donors (Lipinski definition) is 1. The van der Waals surface area contributed by atoms with E-state index < -0.39 is 11.4 Å². The van der Waals surface area contributed by atoms with Crippen molar-refractivity contribution in [1.82, 2.24) is 9.55 Å². The number of carbonyl (C=O) groups is 1. The van der Waals surface area contributed by atoms with Crippen LogP contribution in [0, 0.1) is 6.92 Å². The fourth-order valence-corrected chi connectivity index (χ4v) is 3.16. The average molecular weight is 419 g/mol. The van der Waals surface area contributed by atoms with Crippen LogP contribution in [0.4, 0.5) is 0 Å². The van der Waals surface area contributed by atoms with Gasteiger partial charge in [0.2, 0.25) is 11.3 Å². The molecule has 0 atom stereocenters. The van der Waals surface area contributed by atoms with Crippen molar-refractivity contribution in [2.75, 3.05) is 0 Å². The van der Waals surface area contributed by atoms with Gasteiger partial charge in [-0.05, 0) is 38.1 Å². The van der Waals surface area contributed by atoms with Gasteiger partial charge in [-0.1, -0.05) is 29.3 Å². The van der Waals surface area contributed by atoms with E-state index in [9.17, 15) is 14.7 Å². The second-order valence-electron chi connectivity index (χ2n) is 5.94. The molecule has 3 rings (SSSR count). The number of benzene rings is 1. The van der Waals surface area contributed by atoms with Crippen LogP contribution in [0.25, 0.3) is 11.3 Å². The predicted octanol–water partition coefficient (Wildman–Crippen LogP) is 5.04. The zero-order valence-electron chi connectivity index (χ0n) is 15.1. The van der Waals surface area contributed by atoms with Crippen LogP contribution in [0.2, 0.25) is 10.0 Å². The molecule has 1 aromatic carbocycles. The quantitative estimate of drug-likeness (QED) is 0.627. The number of ether oxygens (including phenoxy) is 1. The molecule has 0 fully saturated rings. The van der Waals surface area contributed by atoms with Crippen LogP contribution >= 0.6 is 23.2 Å². The summed E-state index contributed by atoms with van der Waals surface area (Å²) in [5, 5.41) is 10.2. The Bertz CT molecular complexity index is 1130. The molecule has 0 spiro atoms. The Morgan fingerprint density at radius 3 is 2.57 bits per heavy atom. The van der Waals surface area contributed by atoms with E-state index in [4.69, 9.17) is 27.9 Å². The van der Waals surface area contributed by atoms with E-state index in [1.165, 1.54) is 12.1 Å². The van der Waals surface area contributed by atoms with Crippen LogP contribution < -0.4 is 10.2 Å². The highest BCUT2D eigenvalue weighted by atomic mass is 35.5. The summed E-state index contributed by atoms with van der Waals surface area (Å²) in [6.07, 6.45) is 1.63. The lowest BCUT2D eigenvalue weighted by Crippen LogP contribution is -2.21. The van der Waals surface area contributed by atoms with E-state index in [1.54, 1.807) is 42.0 Å². The molecule has 3 aromatic rings. The first kappa shape index (κ1) is 19.9. The summed E-state index contributed by atoms with van der Waals surface area (Å²) in [7, 11) is 0. The third kappa shape index (κ3) is 3.74. The van der Waals surface area contributed by atoms with Crippen LogP contribution in [0.3, 0.4) is 0 Å². The molecule has 0 bridgehead atoms. The molecule has 28 heavy (non-hydrogen) atoms. The monoisotopic (exact) mass is 418 g/mol. The minimum atomic E-state index is -1.34. The maximum atomic E-state index is 12.6. The van der Waals surface area contributed by atoms with Crippen molar-refractivity contribution in [3.05, 3.63) is 74.1 Å². The molecule has 0 aliphatic carbocycles. The van der Waals surface area contributed by atoms with Crippen molar-refractivity contribution in [3.63, 3.8) is 0 Å². The first-order valence-corrected chi connectivity index (χ1v) is 9.15. The lowest BCUT2D eigenvalue weighted by atomic mass is 10.0. The second kappa shape index (κ2) is 8.04. The fraction of sp³-hybridized carbons (Fsp3) is 0.150. The summed E-state index contributed by atoms with van der Waals surface area (Å²) in [4.78, 5) is 28.6. The molecule has 0 radical (unpaired) electrons. The van der Waals surface area contributed by atoms with Gasteiger partial charge in [0.25, 0.3) is 0 Å². The molecule has 0 aliphatic heterocycles. The molecule has 2 aromatic heterocycles. The molecule has 0 amide bonds. The summed E-state index contributed by atoms with van der Waals surface area (Å²) in [5.74, 6) is -0.667. The normalized spacial score (nSPS) is 10.7. The van der Waals surface area contributed by atoms with Gasteiger partial charge in [-0.25, -0.2) is 4.79 Å². The topological polar surface area (TPSA) is 81.4 Å². The van der Waals surface area contributed by atoms with Crippen molar-refractivity contribution in [2.45, 2.75) is 20.4 Å². The molecule has 0 aliphatic rings. The number of rotatable bonds is 5. The van der Waals surface area contributed by atoms with E-state index >= 15 is 0 Å². The van der Waals surface area contributed by atoms with E-state index in [0.29, 0.717) is 28.6 Å². The number of aromatic nitrogens is 2. The number of halogens is 2. The first-order chi connectivity index (χ1) is 13.3. The van der Waals surface area contributed by atoms with Crippen molar-refractivity contribution in [2.24, 2.45) is 0 Å². The number of carboxylic acids is 1. The summed E-state index contributed by atoms with van der Waals surface area (Å²) in [6, 6.07) is 9.28. The smallest absolute Gasteiger partial charge is 0.341 e. The fourth-order valence-electron chi connectivity index (χ4n) is 2.86. The summed E-state index contributed by atoms with van der Waals surface area (Å²) < 4.78 is 7.52. The Labute approximate surface area is 170 Å². The summed E-state index contributed by atoms with van der Waals surface area (Å²) in [6.45, 7) is 3.94. The molecule has 6 nitrogen and oxygen atoms in total. The lowest BCUT2D eigenvalue weighted by Gasteiger charge is -2.20. The van der Waals surface area contributed by atoms with Gasteiger partial charge < -0.3 is 14.4 Å². The number of aromatic carboxylic acids is 1. The molecular weight excluding hydrogens is 403 g/mol. The average Bonchev–Trinajstić information content (AvgIpc) is 2.65. The van der Waals surface area contributed by atoms with Crippen LogP contribution in [0.1, 0.15) is 23.0 Å². The van der Waals surface area contributed by atoms with Gasteiger partial charge in [-0.15, -0.1) is 0 Å². The number of nitrogens with zero attached hydrogens (tertiary/aromatic N) is 2. The SMILES string of the molecule is CCn1c(Oc2cccnc2C)cc(=O)c(C(=O)O)c1-c1ccc(Cl)c(Cl)c1. The number of hydrogen-bond acceptors (Lipinski definition) is 4. The third-order valence-electron chi connectivity index (χ3n) is 4.17. The van der Waals surface area contributed by atoms with Crippen molar-refractivity contribution in [1.29, 1.82) is 0 Å². The zero-order chi connectivity index (χ0) is 20.4. The van der Waals surface area contributed by atoms with Crippen molar-refractivity contribution >= 4 is 29.2 Å². The molecule has 0 unspecified atom stereocenters. The molecule has 0 saturated heterocycles. The van der Waals surface area contributed by atoms with Crippen LogP contribution in [0.5, 0.6) is 11.6 Å². The van der Waals surface area contributed by atoms with Gasteiger partial charge in [0.05, 0.1) is 21.4 Å². The first-order valence-electron chi connectivity index (χ1n) is 8.39. The highest BCUT2D eigenvalue weighted by Gasteiger charge is 2.23. The van der Waals surface area contributed by atoms with Crippen LogP contribution in [-0.4, -0.2) is 20.6 Å². The van der Waals surface area contributed by atoms with Gasteiger partial charge in [0, 0.05) is 24.4 Å². The minimum absolute atomic E-state index is 0.192. The van der Waals surface area contributed by atoms with Gasteiger partial charge in [0.15, 0.2) is 5.75 Å². The molecular formula is C20H16Cl2N2O4. The number of carboxylic acid groups (broad SMARTS) is 1. The van der Waals surface area contributed by atoms with Gasteiger partial charge in [-0.2, -0.15) is 0 Å². The summed E-state index contributed by atoms with van der Waals surface area (Å²) >= 11 is 12.1. The summed E-state index contributed by atoms with van der Waals surface area (Å²) in [5.41, 5.74) is 0.234. The predicted molar refractivity (Wildman–Crippen MR) is 108 cm³/mol. The molecule has 1 N–H and O–H groups in total. The Balaban J connectivity index is 2.30. The molecule has 0 saturated carbocycles. The lowest BCUT2D eigenvalue weighted by molar-refractivity contribution is 0.0695. The zero-order valence-corrected chi connectivity index (χ0v) is 16.6. The Hall–Kier alpha value is -2.83. The van der Waals surface area contributed by atoms with E-state index in [-0.39, 0.29) is 22.2 Å². The largest absolute Gasteiger partial charge is 0.477 e. The van der Waals surface area contributed by atoms with E-state index in [0.717, 1.165) is 0 Å². The van der Waals surface area contributed by atoms with Crippen molar-refractivity contribution in [3.8, 4) is 22.9 Å². The Morgan fingerprint density at radius 1 is 1.21 bits per heavy atom. The molecule has 144 valence electrons.